The van der Waals surface area contributed by atoms with Crippen molar-refractivity contribution in [2.45, 2.75) is 19.8 Å². The van der Waals surface area contributed by atoms with E-state index in [0.29, 0.717) is 16.0 Å². The lowest BCUT2D eigenvalue weighted by Crippen LogP contribution is -1.96. The van der Waals surface area contributed by atoms with Crippen molar-refractivity contribution in [1.29, 1.82) is 0 Å². The number of unbranched alkanes of at least 4 members (excludes halogenated alkanes) is 1. The predicted molar refractivity (Wildman–Crippen MR) is 80.6 cm³/mol. The lowest BCUT2D eigenvalue weighted by molar-refractivity contribution is 0.113. The molecule has 0 saturated heterocycles. The molecule has 0 atom stereocenters. The lowest BCUT2D eigenvalue weighted by atomic mass is 10.0. The van der Waals surface area contributed by atoms with Gasteiger partial charge in [-0.05, 0) is 35.1 Å². The van der Waals surface area contributed by atoms with E-state index in [1.807, 2.05) is 42.5 Å². The van der Waals surface area contributed by atoms with E-state index in [2.05, 4.69) is 17.1 Å². The first-order chi connectivity index (χ1) is 10.3. The van der Waals surface area contributed by atoms with Gasteiger partial charge in [-0.25, -0.2) is 0 Å². The van der Waals surface area contributed by atoms with E-state index in [9.17, 15) is 5.21 Å². The Bertz CT molecular complexity index is 735. The molecule has 21 heavy (non-hydrogen) atoms. The van der Waals surface area contributed by atoms with E-state index in [4.69, 9.17) is 4.74 Å². The smallest absolute Gasteiger partial charge is 0.124 e. The zero-order valence-corrected chi connectivity index (χ0v) is 11.9. The summed E-state index contributed by atoms with van der Waals surface area (Å²) in [6, 6.07) is 13.6. The molecule has 1 aromatic heterocycles. The lowest BCUT2D eigenvalue weighted by Gasteiger charge is -2.07. The van der Waals surface area contributed by atoms with Gasteiger partial charge in [-0.3, -0.25) is 0 Å². The second kappa shape index (κ2) is 5.83. The van der Waals surface area contributed by atoms with Crippen molar-refractivity contribution in [2.75, 3.05) is 6.61 Å². The normalized spacial score (nSPS) is 10.9. The van der Waals surface area contributed by atoms with Crippen molar-refractivity contribution < 1.29 is 9.94 Å². The third-order valence-electron chi connectivity index (χ3n) is 3.33. The van der Waals surface area contributed by atoms with Crippen LogP contribution in [-0.2, 0) is 0 Å². The highest BCUT2D eigenvalue weighted by Gasteiger charge is 2.09. The van der Waals surface area contributed by atoms with Crippen LogP contribution in [0.1, 0.15) is 19.8 Å². The van der Waals surface area contributed by atoms with Gasteiger partial charge >= 0.3 is 0 Å². The molecular weight excluding hydrogens is 266 g/mol. The van der Waals surface area contributed by atoms with Crippen LogP contribution in [0.4, 0.5) is 0 Å². The Hall–Kier alpha value is -2.56. The number of rotatable bonds is 5. The van der Waals surface area contributed by atoms with Crippen LogP contribution in [0.2, 0.25) is 0 Å². The molecule has 108 valence electrons. The molecule has 0 aliphatic heterocycles. The molecule has 0 radical (unpaired) electrons. The first kappa shape index (κ1) is 13.4. The van der Waals surface area contributed by atoms with Gasteiger partial charge in [-0.1, -0.05) is 37.6 Å². The van der Waals surface area contributed by atoms with Gasteiger partial charge in [0.1, 0.15) is 16.8 Å². The standard InChI is InChI=1S/C16H17N3O2/c1-2-3-11-21-13-9-7-12(8-10-13)14-5-4-6-15-16(14)18-19(20)17-15/h4-10,20H,2-3,11H2,1H3. The number of benzene rings is 2. The maximum Gasteiger partial charge on any atom is 0.124 e. The fourth-order valence-corrected chi connectivity index (χ4v) is 2.22. The van der Waals surface area contributed by atoms with Crippen LogP contribution in [-0.4, -0.2) is 27.0 Å². The second-order valence-electron chi connectivity index (χ2n) is 4.87. The first-order valence-electron chi connectivity index (χ1n) is 7.06. The van der Waals surface area contributed by atoms with Crippen LogP contribution in [0.25, 0.3) is 22.2 Å². The summed E-state index contributed by atoms with van der Waals surface area (Å²) < 4.78 is 5.66. The van der Waals surface area contributed by atoms with Crippen molar-refractivity contribution in [3.05, 3.63) is 42.5 Å². The number of hydrogen-bond acceptors (Lipinski definition) is 4. The van der Waals surface area contributed by atoms with Gasteiger partial charge in [0.25, 0.3) is 0 Å². The van der Waals surface area contributed by atoms with Gasteiger partial charge in [0.05, 0.1) is 6.61 Å². The second-order valence-corrected chi connectivity index (χ2v) is 4.87. The molecule has 0 saturated carbocycles. The highest BCUT2D eigenvalue weighted by atomic mass is 16.5. The van der Waals surface area contributed by atoms with E-state index < -0.39 is 0 Å². The number of ether oxygens (including phenoxy) is 1. The first-order valence-corrected chi connectivity index (χ1v) is 7.06. The Morgan fingerprint density at radius 1 is 1.10 bits per heavy atom. The van der Waals surface area contributed by atoms with Gasteiger partial charge in [-0.2, -0.15) is 0 Å². The summed E-state index contributed by atoms with van der Waals surface area (Å²) in [6.45, 7) is 2.88. The molecule has 3 aromatic rings. The van der Waals surface area contributed by atoms with Crippen LogP contribution >= 0.6 is 0 Å². The summed E-state index contributed by atoms with van der Waals surface area (Å²) in [4.78, 5) is 0.608. The molecule has 5 heteroatoms. The predicted octanol–water partition coefficient (Wildman–Crippen LogP) is 3.51. The van der Waals surface area contributed by atoms with Crippen molar-refractivity contribution >= 4 is 11.0 Å². The summed E-state index contributed by atoms with van der Waals surface area (Å²) >= 11 is 0. The molecule has 5 nitrogen and oxygen atoms in total. The summed E-state index contributed by atoms with van der Waals surface area (Å²) in [5, 5.41) is 17.3. The van der Waals surface area contributed by atoms with Gasteiger partial charge in [0.15, 0.2) is 0 Å². The highest BCUT2D eigenvalue weighted by Crippen LogP contribution is 2.27. The molecule has 0 aliphatic carbocycles. The van der Waals surface area contributed by atoms with Gasteiger partial charge in [-0.15, -0.1) is 10.2 Å². The Balaban J connectivity index is 1.88. The van der Waals surface area contributed by atoms with E-state index in [1.165, 1.54) is 0 Å². The van der Waals surface area contributed by atoms with Crippen LogP contribution < -0.4 is 4.74 Å². The van der Waals surface area contributed by atoms with E-state index in [-0.39, 0.29) is 0 Å². The van der Waals surface area contributed by atoms with Crippen molar-refractivity contribution in [3.63, 3.8) is 0 Å². The molecule has 0 spiro atoms. The Morgan fingerprint density at radius 2 is 1.90 bits per heavy atom. The zero-order chi connectivity index (χ0) is 14.7. The minimum atomic E-state index is 0.608. The topological polar surface area (TPSA) is 60.2 Å². The van der Waals surface area contributed by atoms with E-state index in [1.54, 1.807) is 0 Å². The third kappa shape index (κ3) is 2.81. The quantitative estimate of drug-likeness (QED) is 0.575. The Labute approximate surface area is 122 Å². The van der Waals surface area contributed by atoms with Crippen LogP contribution in [0.3, 0.4) is 0 Å². The molecular formula is C16H17N3O2. The van der Waals surface area contributed by atoms with Crippen LogP contribution in [0.15, 0.2) is 42.5 Å². The molecule has 0 bridgehead atoms. The maximum absolute atomic E-state index is 9.37. The SMILES string of the molecule is CCCCOc1ccc(-c2cccc3nn(O)nc23)cc1. The fraction of sp³-hybridized carbons (Fsp3) is 0.250. The summed E-state index contributed by atoms with van der Waals surface area (Å²) in [5.41, 5.74) is 3.30. The monoisotopic (exact) mass is 283 g/mol. The summed E-state index contributed by atoms with van der Waals surface area (Å²) in [5.74, 6) is 0.866. The van der Waals surface area contributed by atoms with Crippen molar-refractivity contribution in [2.24, 2.45) is 0 Å². The van der Waals surface area contributed by atoms with Gasteiger partial charge in [0, 0.05) is 5.56 Å². The molecule has 1 heterocycles. The average Bonchev–Trinajstić information content (AvgIpc) is 2.88. The molecule has 2 aromatic carbocycles. The molecule has 0 amide bonds. The number of fused-ring (bicyclic) bond motifs is 1. The zero-order valence-electron chi connectivity index (χ0n) is 11.9. The Kier molecular flexibility index (Phi) is 3.73. The van der Waals surface area contributed by atoms with Crippen molar-refractivity contribution in [3.8, 4) is 16.9 Å². The summed E-state index contributed by atoms with van der Waals surface area (Å²) in [7, 11) is 0. The van der Waals surface area contributed by atoms with Crippen LogP contribution in [0, 0.1) is 0 Å². The van der Waals surface area contributed by atoms with E-state index >= 15 is 0 Å². The fourth-order valence-electron chi connectivity index (χ4n) is 2.22. The molecule has 0 aliphatic rings. The number of hydrogen-bond donors (Lipinski definition) is 1. The highest BCUT2D eigenvalue weighted by molar-refractivity contribution is 5.91. The van der Waals surface area contributed by atoms with Crippen molar-refractivity contribution in [1.82, 2.24) is 15.2 Å². The van der Waals surface area contributed by atoms with Gasteiger partial charge in [0.2, 0.25) is 0 Å². The van der Waals surface area contributed by atoms with Gasteiger partial charge < -0.3 is 9.94 Å². The largest absolute Gasteiger partial charge is 0.494 e. The molecule has 1 N–H and O–H groups in total. The third-order valence-corrected chi connectivity index (χ3v) is 3.33. The maximum atomic E-state index is 9.37. The minimum Gasteiger partial charge on any atom is -0.494 e. The Morgan fingerprint density at radius 3 is 2.67 bits per heavy atom. The minimum absolute atomic E-state index is 0.608. The molecule has 0 fully saturated rings. The summed E-state index contributed by atoms with van der Waals surface area (Å²) in [6.07, 6.45) is 2.18. The van der Waals surface area contributed by atoms with E-state index in [0.717, 1.165) is 36.3 Å². The average molecular weight is 283 g/mol. The number of aromatic nitrogens is 3. The van der Waals surface area contributed by atoms with Crippen LogP contribution in [0.5, 0.6) is 5.75 Å². The molecule has 0 unspecified atom stereocenters. The number of nitrogens with zero attached hydrogens (tertiary/aromatic N) is 3. The molecule has 3 rings (SSSR count).